The number of nitrogens with zero attached hydrogens (tertiary/aromatic N) is 2. The molecule has 0 radical (unpaired) electrons. The lowest BCUT2D eigenvalue weighted by Crippen LogP contribution is -2.03. The molecule has 0 bridgehead atoms. The fourth-order valence-corrected chi connectivity index (χ4v) is 3.69. The van der Waals surface area contributed by atoms with Gasteiger partial charge in [0.15, 0.2) is 5.82 Å². The summed E-state index contributed by atoms with van der Waals surface area (Å²) in [5.74, 6) is 1.69. The molecule has 102 valence electrons. The zero-order chi connectivity index (χ0) is 13.8. The van der Waals surface area contributed by atoms with Crippen LogP contribution in [0.2, 0.25) is 0 Å². The Balaban J connectivity index is 2.42. The number of hydrogen-bond donors (Lipinski definition) is 1. The topological polar surface area (TPSA) is 37.8 Å². The minimum Gasteiger partial charge on any atom is -0.370 e. The van der Waals surface area contributed by atoms with Crippen LogP contribution in [0.3, 0.4) is 0 Å². The monoisotopic (exact) mass is 403 g/mol. The van der Waals surface area contributed by atoms with Crippen molar-refractivity contribution in [2.75, 3.05) is 11.9 Å². The highest BCUT2D eigenvalue weighted by Gasteiger charge is 2.11. The van der Waals surface area contributed by atoms with Gasteiger partial charge in [-0.2, -0.15) is 0 Å². The maximum atomic E-state index is 4.65. The van der Waals surface area contributed by atoms with Crippen molar-refractivity contribution in [3.63, 3.8) is 0 Å². The highest BCUT2D eigenvalue weighted by atomic mass is 79.9. The quantitative estimate of drug-likeness (QED) is 0.751. The lowest BCUT2D eigenvalue weighted by Gasteiger charge is -2.07. The summed E-state index contributed by atoms with van der Waals surface area (Å²) in [7, 11) is 0. The van der Waals surface area contributed by atoms with Gasteiger partial charge >= 0.3 is 0 Å². The van der Waals surface area contributed by atoms with Crippen LogP contribution in [0.5, 0.6) is 0 Å². The van der Waals surface area contributed by atoms with E-state index in [1.807, 2.05) is 6.07 Å². The van der Waals surface area contributed by atoms with E-state index in [2.05, 4.69) is 67.1 Å². The number of aryl methyl sites for hydroxylation is 1. The Kier molecular flexibility index (Phi) is 5.36. The summed E-state index contributed by atoms with van der Waals surface area (Å²) in [6.45, 7) is 5.09. The molecule has 0 aliphatic carbocycles. The molecule has 0 atom stereocenters. The molecule has 2 aromatic rings. The minimum absolute atomic E-state index is 0.790. The van der Waals surface area contributed by atoms with Crippen LogP contribution in [0.25, 0.3) is 10.7 Å². The Morgan fingerprint density at radius 1 is 1.21 bits per heavy atom. The second kappa shape index (κ2) is 6.81. The first kappa shape index (κ1) is 14.9. The van der Waals surface area contributed by atoms with Gasteiger partial charge in [-0.3, -0.25) is 0 Å². The SMILES string of the molecule is CCCc1cc(NCC)nc(-c2cc(Br)c(Br)s2)n1. The second-order valence-corrected chi connectivity index (χ2v) is 7.31. The van der Waals surface area contributed by atoms with E-state index in [-0.39, 0.29) is 0 Å². The van der Waals surface area contributed by atoms with Crippen LogP contribution in [0.1, 0.15) is 26.0 Å². The van der Waals surface area contributed by atoms with Gasteiger partial charge < -0.3 is 5.32 Å². The lowest BCUT2D eigenvalue weighted by molar-refractivity contribution is 0.875. The third-order valence-electron chi connectivity index (χ3n) is 2.51. The molecule has 2 heterocycles. The van der Waals surface area contributed by atoms with Crippen molar-refractivity contribution in [3.8, 4) is 10.7 Å². The van der Waals surface area contributed by atoms with E-state index in [9.17, 15) is 0 Å². The molecule has 0 aromatic carbocycles. The fourth-order valence-electron chi connectivity index (χ4n) is 1.72. The first-order valence-electron chi connectivity index (χ1n) is 6.21. The fraction of sp³-hybridized carbons (Fsp3) is 0.385. The van der Waals surface area contributed by atoms with Crippen molar-refractivity contribution in [1.82, 2.24) is 9.97 Å². The van der Waals surface area contributed by atoms with E-state index in [1.165, 1.54) is 0 Å². The van der Waals surface area contributed by atoms with Crippen molar-refractivity contribution in [2.24, 2.45) is 0 Å². The van der Waals surface area contributed by atoms with Crippen molar-refractivity contribution in [3.05, 3.63) is 26.1 Å². The Labute approximate surface area is 134 Å². The second-order valence-electron chi connectivity index (χ2n) is 4.08. The van der Waals surface area contributed by atoms with Crippen LogP contribution in [0, 0.1) is 0 Å². The van der Waals surface area contributed by atoms with Gasteiger partial charge in [-0.15, -0.1) is 11.3 Å². The van der Waals surface area contributed by atoms with E-state index < -0.39 is 0 Å². The molecule has 0 spiro atoms. The Morgan fingerprint density at radius 3 is 2.58 bits per heavy atom. The summed E-state index contributed by atoms with van der Waals surface area (Å²) in [5.41, 5.74) is 1.09. The number of thiophene rings is 1. The van der Waals surface area contributed by atoms with E-state index in [0.717, 1.165) is 49.9 Å². The van der Waals surface area contributed by atoms with Crippen molar-refractivity contribution in [2.45, 2.75) is 26.7 Å². The Hall–Kier alpha value is -0.460. The summed E-state index contributed by atoms with van der Waals surface area (Å²) < 4.78 is 2.11. The molecule has 2 rings (SSSR count). The Bertz CT molecular complexity index is 525. The largest absolute Gasteiger partial charge is 0.370 e. The number of halogens is 2. The number of anilines is 1. The van der Waals surface area contributed by atoms with Gasteiger partial charge in [0.2, 0.25) is 0 Å². The molecule has 0 fully saturated rings. The molecule has 0 unspecified atom stereocenters. The summed E-state index contributed by atoms with van der Waals surface area (Å²) >= 11 is 8.65. The molecule has 0 saturated heterocycles. The van der Waals surface area contributed by atoms with E-state index in [4.69, 9.17) is 0 Å². The molecule has 3 nitrogen and oxygen atoms in total. The molecule has 0 aliphatic rings. The van der Waals surface area contributed by atoms with Crippen LogP contribution in [0.15, 0.2) is 20.4 Å². The highest BCUT2D eigenvalue weighted by molar-refractivity contribution is 9.13. The van der Waals surface area contributed by atoms with Crippen LogP contribution < -0.4 is 5.32 Å². The third-order valence-corrected chi connectivity index (χ3v) is 5.76. The van der Waals surface area contributed by atoms with Crippen LogP contribution >= 0.6 is 43.2 Å². The van der Waals surface area contributed by atoms with Crippen LogP contribution in [-0.4, -0.2) is 16.5 Å². The smallest absolute Gasteiger partial charge is 0.171 e. The number of aromatic nitrogens is 2. The third kappa shape index (κ3) is 3.77. The first-order valence-corrected chi connectivity index (χ1v) is 8.61. The number of nitrogens with one attached hydrogen (secondary N) is 1. The standard InChI is InChI=1S/C13H15Br2N3S/c1-3-5-8-6-11(16-4-2)18-13(17-8)10-7-9(14)12(15)19-10/h6-7H,3-5H2,1-2H3,(H,16,17,18). The van der Waals surface area contributed by atoms with E-state index >= 15 is 0 Å². The molecular weight excluding hydrogens is 390 g/mol. The van der Waals surface area contributed by atoms with Gasteiger partial charge in [0.1, 0.15) is 5.82 Å². The molecule has 1 N–H and O–H groups in total. The zero-order valence-corrected chi connectivity index (χ0v) is 14.8. The van der Waals surface area contributed by atoms with Crippen molar-refractivity contribution < 1.29 is 0 Å². The first-order chi connectivity index (χ1) is 9.13. The summed E-state index contributed by atoms with van der Waals surface area (Å²) in [4.78, 5) is 10.3. The van der Waals surface area contributed by atoms with E-state index in [0.29, 0.717) is 0 Å². The summed E-state index contributed by atoms with van der Waals surface area (Å²) in [5, 5.41) is 3.27. The van der Waals surface area contributed by atoms with Gasteiger partial charge in [0.05, 0.1) is 8.66 Å². The predicted molar refractivity (Wildman–Crippen MR) is 88.9 cm³/mol. The molecule has 19 heavy (non-hydrogen) atoms. The van der Waals surface area contributed by atoms with Crippen LogP contribution in [0.4, 0.5) is 5.82 Å². The predicted octanol–water partition coefficient (Wildman–Crippen LogP) is 5.11. The Morgan fingerprint density at radius 2 is 2.00 bits per heavy atom. The summed E-state index contributed by atoms with van der Waals surface area (Å²) in [6, 6.07) is 4.09. The van der Waals surface area contributed by atoms with Crippen molar-refractivity contribution in [1.29, 1.82) is 0 Å². The maximum Gasteiger partial charge on any atom is 0.171 e. The zero-order valence-electron chi connectivity index (χ0n) is 10.8. The normalized spacial score (nSPS) is 10.7. The minimum atomic E-state index is 0.790. The highest BCUT2D eigenvalue weighted by Crippen LogP contribution is 2.37. The number of hydrogen-bond acceptors (Lipinski definition) is 4. The van der Waals surface area contributed by atoms with Gasteiger partial charge in [-0.05, 0) is 51.3 Å². The molecular formula is C13H15Br2N3S. The average Bonchev–Trinajstić information content (AvgIpc) is 2.70. The van der Waals surface area contributed by atoms with Crippen molar-refractivity contribution >= 4 is 49.0 Å². The molecule has 0 amide bonds. The van der Waals surface area contributed by atoms with Gasteiger partial charge in [0, 0.05) is 22.8 Å². The maximum absolute atomic E-state index is 4.65. The molecule has 0 aliphatic heterocycles. The van der Waals surface area contributed by atoms with Gasteiger partial charge in [-0.1, -0.05) is 13.3 Å². The van der Waals surface area contributed by atoms with Gasteiger partial charge in [0.25, 0.3) is 0 Å². The number of rotatable bonds is 5. The van der Waals surface area contributed by atoms with Crippen LogP contribution in [-0.2, 0) is 6.42 Å². The summed E-state index contributed by atoms with van der Waals surface area (Å²) in [6.07, 6.45) is 2.06. The van der Waals surface area contributed by atoms with Gasteiger partial charge in [-0.25, -0.2) is 9.97 Å². The molecule has 2 aromatic heterocycles. The molecule has 0 saturated carbocycles. The molecule has 6 heteroatoms. The lowest BCUT2D eigenvalue weighted by atomic mass is 10.2. The van der Waals surface area contributed by atoms with E-state index in [1.54, 1.807) is 11.3 Å². The average molecular weight is 405 g/mol.